The maximum atomic E-state index is 4.18. The molecule has 0 saturated heterocycles. The molecular weight excluding hydrogens is 236 g/mol. The van der Waals surface area contributed by atoms with Crippen molar-refractivity contribution in [3.05, 3.63) is 54.6 Å². The lowest BCUT2D eigenvalue weighted by molar-refractivity contribution is 0.899. The van der Waals surface area contributed by atoms with Crippen molar-refractivity contribution in [1.29, 1.82) is 0 Å². The Balaban J connectivity index is 2.03. The van der Waals surface area contributed by atoms with Crippen molar-refractivity contribution in [2.75, 3.05) is 0 Å². The second-order valence-electron chi connectivity index (χ2n) is 4.43. The molecule has 0 unspecified atom stereocenters. The van der Waals surface area contributed by atoms with Gasteiger partial charge in [-0.25, -0.2) is 0 Å². The van der Waals surface area contributed by atoms with Crippen molar-refractivity contribution >= 4 is 21.8 Å². The molecule has 2 aromatic carbocycles. The highest BCUT2D eigenvalue weighted by molar-refractivity contribution is 5.94. The highest BCUT2D eigenvalue weighted by Crippen LogP contribution is 2.26. The van der Waals surface area contributed by atoms with Crippen LogP contribution in [0, 0.1) is 0 Å². The van der Waals surface area contributed by atoms with Gasteiger partial charge in [-0.2, -0.15) is 0 Å². The molecule has 4 nitrogen and oxygen atoms in total. The van der Waals surface area contributed by atoms with E-state index in [1.807, 2.05) is 36.4 Å². The van der Waals surface area contributed by atoms with Gasteiger partial charge in [-0.3, -0.25) is 0 Å². The summed E-state index contributed by atoms with van der Waals surface area (Å²) in [5.74, 6) is 0. The highest BCUT2D eigenvalue weighted by atomic mass is 15.3. The first kappa shape index (κ1) is 10.2. The number of para-hydroxylation sites is 1. The Bertz CT molecular complexity index is 841. The summed E-state index contributed by atoms with van der Waals surface area (Å²) in [5, 5.41) is 14.2. The minimum atomic E-state index is 0.835. The van der Waals surface area contributed by atoms with E-state index >= 15 is 0 Å². The molecule has 0 aliphatic carbocycles. The fourth-order valence-corrected chi connectivity index (χ4v) is 2.33. The lowest BCUT2D eigenvalue weighted by Crippen LogP contribution is -1.93. The molecule has 90 valence electrons. The van der Waals surface area contributed by atoms with E-state index in [1.165, 1.54) is 5.39 Å². The van der Waals surface area contributed by atoms with E-state index in [1.54, 1.807) is 0 Å². The van der Waals surface area contributed by atoms with Crippen LogP contribution in [0.4, 0.5) is 0 Å². The minimum absolute atomic E-state index is 0.835. The minimum Gasteiger partial charge on any atom is -0.353 e. The molecule has 0 amide bonds. The maximum absolute atomic E-state index is 4.18. The van der Waals surface area contributed by atoms with Crippen LogP contribution in [0.1, 0.15) is 0 Å². The molecule has 4 aromatic rings. The van der Waals surface area contributed by atoms with Crippen LogP contribution in [0.3, 0.4) is 0 Å². The Hall–Kier alpha value is -2.75. The van der Waals surface area contributed by atoms with E-state index in [2.05, 4.69) is 38.6 Å². The third-order valence-electron chi connectivity index (χ3n) is 3.24. The number of H-pyrrole nitrogens is 1. The van der Waals surface area contributed by atoms with E-state index in [4.69, 9.17) is 0 Å². The van der Waals surface area contributed by atoms with Gasteiger partial charge in [0.25, 0.3) is 0 Å². The standard InChI is InChI=1S/C15H10N4/c1-3-7-12-10(5-1)9-14(16-12)15-11-6-2-4-8-13(11)17-19-18-15/h1-9,16H. The lowest BCUT2D eigenvalue weighted by atomic mass is 10.1. The molecule has 0 aliphatic heterocycles. The summed E-state index contributed by atoms with van der Waals surface area (Å²) in [5.41, 5.74) is 3.75. The van der Waals surface area contributed by atoms with Crippen molar-refractivity contribution in [3.8, 4) is 11.4 Å². The van der Waals surface area contributed by atoms with E-state index in [-0.39, 0.29) is 0 Å². The summed E-state index contributed by atoms with van der Waals surface area (Å²) in [6.45, 7) is 0. The molecule has 0 aliphatic rings. The second kappa shape index (κ2) is 3.88. The molecule has 0 saturated carbocycles. The smallest absolute Gasteiger partial charge is 0.120 e. The summed E-state index contributed by atoms with van der Waals surface area (Å²) in [4.78, 5) is 3.37. The molecular formula is C15H10N4. The van der Waals surface area contributed by atoms with Gasteiger partial charge >= 0.3 is 0 Å². The lowest BCUT2D eigenvalue weighted by Gasteiger charge is -2.00. The molecule has 0 bridgehead atoms. The normalized spacial score (nSPS) is 11.2. The largest absolute Gasteiger partial charge is 0.353 e. The number of hydrogen-bond acceptors (Lipinski definition) is 3. The van der Waals surface area contributed by atoms with E-state index in [0.717, 1.165) is 27.8 Å². The van der Waals surface area contributed by atoms with Gasteiger partial charge in [0.2, 0.25) is 0 Å². The molecule has 0 fully saturated rings. The number of aromatic amines is 1. The van der Waals surface area contributed by atoms with Crippen molar-refractivity contribution < 1.29 is 0 Å². The zero-order chi connectivity index (χ0) is 12.7. The molecule has 4 rings (SSSR count). The second-order valence-corrected chi connectivity index (χ2v) is 4.43. The van der Waals surface area contributed by atoms with E-state index < -0.39 is 0 Å². The van der Waals surface area contributed by atoms with Crippen molar-refractivity contribution in [3.63, 3.8) is 0 Å². The predicted octanol–water partition coefficient (Wildman–Crippen LogP) is 3.17. The fourth-order valence-electron chi connectivity index (χ4n) is 2.33. The van der Waals surface area contributed by atoms with Gasteiger partial charge in [-0.05, 0) is 23.4 Å². The number of aromatic nitrogens is 4. The van der Waals surface area contributed by atoms with Crippen molar-refractivity contribution in [2.24, 2.45) is 0 Å². The molecule has 1 N–H and O–H groups in total. The molecule has 2 heterocycles. The molecule has 0 atom stereocenters. The maximum Gasteiger partial charge on any atom is 0.120 e. The predicted molar refractivity (Wildman–Crippen MR) is 74.6 cm³/mol. The van der Waals surface area contributed by atoms with Gasteiger partial charge in [0.05, 0.1) is 11.2 Å². The number of rotatable bonds is 1. The Morgan fingerprint density at radius 3 is 2.63 bits per heavy atom. The van der Waals surface area contributed by atoms with E-state index in [0.29, 0.717) is 0 Å². The van der Waals surface area contributed by atoms with Gasteiger partial charge in [-0.1, -0.05) is 36.4 Å². The molecule has 4 heteroatoms. The molecule has 0 radical (unpaired) electrons. The third-order valence-corrected chi connectivity index (χ3v) is 3.24. The van der Waals surface area contributed by atoms with Gasteiger partial charge < -0.3 is 4.98 Å². The van der Waals surface area contributed by atoms with Gasteiger partial charge in [0.15, 0.2) is 0 Å². The number of benzene rings is 2. The topological polar surface area (TPSA) is 54.5 Å². The van der Waals surface area contributed by atoms with Crippen LogP contribution in [0.2, 0.25) is 0 Å². The molecule has 0 spiro atoms. The first-order valence-electron chi connectivity index (χ1n) is 6.08. The quantitative estimate of drug-likeness (QED) is 0.561. The Morgan fingerprint density at radius 2 is 1.68 bits per heavy atom. The summed E-state index contributed by atoms with van der Waals surface area (Å²) in [6, 6.07) is 18.1. The molecule has 2 aromatic heterocycles. The summed E-state index contributed by atoms with van der Waals surface area (Å²) < 4.78 is 0. The van der Waals surface area contributed by atoms with Crippen molar-refractivity contribution in [1.82, 2.24) is 20.4 Å². The SMILES string of the molecule is c1ccc2[nH]c(-c3nnnc4ccccc34)cc2c1. The summed E-state index contributed by atoms with van der Waals surface area (Å²) in [6.07, 6.45) is 0. The first-order chi connectivity index (χ1) is 9.42. The Labute approximate surface area is 109 Å². The first-order valence-corrected chi connectivity index (χ1v) is 6.08. The average molecular weight is 246 g/mol. The van der Waals surface area contributed by atoms with Gasteiger partial charge in [-0.15, -0.1) is 10.2 Å². The van der Waals surface area contributed by atoms with Gasteiger partial charge in [0, 0.05) is 16.3 Å². The monoisotopic (exact) mass is 246 g/mol. The molecule has 19 heavy (non-hydrogen) atoms. The van der Waals surface area contributed by atoms with Gasteiger partial charge in [0.1, 0.15) is 5.69 Å². The van der Waals surface area contributed by atoms with Crippen LogP contribution in [0.25, 0.3) is 33.2 Å². The number of fused-ring (bicyclic) bond motifs is 2. The van der Waals surface area contributed by atoms with Crippen LogP contribution >= 0.6 is 0 Å². The van der Waals surface area contributed by atoms with Crippen LogP contribution in [-0.4, -0.2) is 20.4 Å². The van der Waals surface area contributed by atoms with Crippen LogP contribution in [0.5, 0.6) is 0 Å². The number of hydrogen-bond donors (Lipinski definition) is 1. The van der Waals surface area contributed by atoms with Crippen LogP contribution in [-0.2, 0) is 0 Å². The zero-order valence-electron chi connectivity index (χ0n) is 10.0. The average Bonchev–Trinajstić information content (AvgIpc) is 2.90. The highest BCUT2D eigenvalue weighted by Gasteiger charge is 2.09. The Kier molecular flexibility index (Phi) is 2.08. The Morgan fingerprint density at radius 1 is 0.842 bits per heavy atom. The van der Waals surface area contributed by atoms with E-state index in [9.17, 15) is 0 Å². The fraction of sp³-hybridized carbons (Fsp3) is 0. The summed E-state index contributed by atoms with van der Waals surface area (Å²) in [7, 11) is 0. The number of nitrogens with one attached hydrogen (secondary N) is 1. The summed E-state index contributed by atoms with van der Waals surface area (Å²) >= 11 is 0. The number of nitrogens with zero attached hydrogens (tertiary/aromatic N) is 3. The van der Waals surface area contributed by atoms with Crippen molar-refractivity contribution in [2.45, 2.75) is 0 Å². The van der Waals surface area contributed by atoms with Crippen LogP contribution in [0.15, 0.2) is 54.6 Å². The zero-order valence-corrected chi connectivity index (χ0v) is 10.0. The third kappa shape index (κ3) is 1.57. The van der Waals surface area contributed by atoms with Crippen LogP contribution < -0.4 is 0 Å².